The first kappa shape index (κ1) is 24.6. The third-order valence-corrected chi connectivity index (χ3v) is 12.6. The molecule has 3 saturated carbocycles. The Bertz CT molecular complexity index is 974. The van der Waals surface area contributed by atoms with E-state index in [1.54, 1.807) is 0 Å². The summed E-state index contributed by atoms with van der Waals surface area (Å²) in [5, 5.41) is 32.2. The van der Waals surface area contributed by atoms with Crippen molar-refractivity contribution in [2.45, 2.75) is 112 Å². The zero-order chi connectivity index (χ0) is 25.1. The molecule has 3 N–H and O–H groups in total. The molecule has 0 bridgehead atoms. The minimum absolute atomic E-state index is 0.0541. The lowest BCUT2D eigenvalue weighted by molar-refractivity contribution is -0.184. The van der Waals surface area contributed by atoms with Crippen molar-refractivity contribution in [3.05, 3.63) is 23.3 Å². The van der Waals surface area contributed by atoms with Gasteiger partial charge < -0.3 is 15.3 Å². The van der Waals surface area contributed by atoms with E-state index in [-0.39, 0.29) is 33.2 Å². The van der Waals surface area contributed by atoms with Gasteiger partial charge in [0.2, 0.25) is 0 Å². The summed E-state index contributed by atoms with van der Waals surface area (Å²) in [4.78, 5) is 12.8. The topological polar surface area (TPSA) is 77.8 Å². The SMILES string of the molecule is CC1(C)CC2=C3C=CC4C5(C)CCC(O)C(C)(C)C5CCC4(C)C3(C)CCC2(C(=O)O)CC1O. The Morgan fingerprint density at radius 2 is 1.59 bits per heavy atom. The van der Waals surface area contributed by atoms with Gasteiger partial charge in [-0.25, -0.2) is 0 Å². The van der Waals surface area contributed by atoms with E-state index in [4.69, 9.17) is 0 Å². The molecule has 8 unspecified atom stereocenters. The maximum absolute atomic E-state index is 12.8. The number of carboxylic acid groups (broad SMARTS) is 1. The lowest BCUT2D eigenvalue weighted by Crippen LogP contribution is -2.63. The molecule has 0 heterocycles. The summed E-state index contributed by atoms with van der Waals surface area (Å²) in [6.07, 6.45) is 10.5. The molecule has 5 rings (SSSR count). The number of hydrogen-bond acceptors (Lipinski definition) is 3. The molecule has 5 aliphatic rings. The Labute approximate surface area is 205 Å². The number of carboxylic acids is 1. The van der Waals surface area contributed by atoms with Crippen molar-refractivity contribution < 1.29 is 20.1 Å². The molecule has 190 valence electrons. The molecular formula is C30H46O4. The third kappa shape index (κ3) is 2.76. The monoisotopic (exact) mass is 470 g/mol. The lowest BCUT2D eigenvalue weighted by Gasteiger charge is -2.69. The Balaban J connectivity index is 1.68. The van der Waals surface area contributed by atoms with Crippen LogP contribution in [0.1, 0.15) is 99.8 Å². The van der Waals surface area contributed by atoms with Gasteiger partial charge >= 0.3 is 5.97 Å². The molecule has 8 atom stereocenters. The summed E-state index contributed by atoms with van der Waals surface area (Å²) >= 11 is 0. The van der Waals surface area contributed by atoms with Crippen LogP contribution < -0.4 is 0 Å². The van der Waals surface area contributed by atoms with Gasteiger partial charge in [0.25, 0.3) is 0 Å². The van der Waals surface area contributed by atoms with Crippen LogP contribution in [0.4, 0.5) is 0 Å². The Hall–Kier alpha value is -1.13. The van der Waals surface area contributed by atoms with Gasteiger partial charge in [-0.2, -0.15) is 0 Å². The van der Waals surface area contributed by atoms with Crippen molar-refractivity contribution in [1.82, 2.24) is 0 Å². The molecule has 0 aliphatic heterocycles. The van der Waals surface area contributed by atoms with Crippen LogP contribution in [0.25, 0.3) is 0 Å². The molecule has 0 amide bonds. The molecule has 0 saturated heterocycles. The van der Waals surface area contributed by atoms with Crippen molar-refractivity contribution in [1.29, 1.82) is 0 Å². The van der Waals surface area contributed by atoms with Crippen molar-refractivity contribution in [2.75, 3.05) is 0 Å². The molecule has 0 radical (unpaired) electrons. The van der Waals surface area contributed by atoms with Gasteiger partial charge in [0.1, 0.15) is 0 Å². The normalized spacial score (nSPS) is 51.1. The minimum atomic E-state index is -0.935. The molecule has 4 nitrogen and oxygen atoms in total. The Kier molecular flexibility index (Phi) is 5.06. The second kappa shape index (κ2) is 7.00. The fourth-order valence-electron chi connectivity index (χ4n) is 9.93. The number of fused-ring (bicyclic) bond motifs is 6. The summed E-state index contributed by atoms with van der Waals surface area (Å²) in [7, 11) is 0. The lowest BCUT2D eigenvalue weighted by atomic mass is 9.35. The number of rotatable bonds is 1. The minimum Gasteiger partial charge on any atom is -0.481 e. The fourth-order valence-corrected chi connectivity index (χ4v) is 9.93. The van der Waals surface area contributed by atoms with Crippen LogP contribution in [-0.4, -0.2) is 33.5 Å². The van der Waals surface area contributed by atoms with Crippen molar-refractivity contribution in [3.8, 4) is 0 Å². The van der Waals surface area contributed by atoms with E-state index >= 15 is 0 Å². The number of allylic oxidation sites excluding steroid dienone is 3. The second-order valence-electron chi connectivity index (χ2n) is 14.7. The highest BCUT2D eigenvalue weighted by molar-refractivity contribution is 5.80. The smallest absolute Gasteiger partial charge is 0.313 e. The highest BCUT2D eigenvalue weighted by atomic mass is 16.4. The van der Waals surface area contributed by atoms with E-state index in [0.717, 1.165) is 37.7 Å². The van der Waals surface area contributed by atoms with E-state index < -0.39 is 17.5 Å². The van der Waals surface area contributed by atoms with Crippen molar-refractivity contribution in [3.63, 3.8) is 0 Å². The summed E-state index contributed by atoms with van der Waals surface area (Å²) < 4.78 is 0. The second-order valence-corrected chi connectivity index (χ2v) is 14.7. The molecule has 4 heteroatoms. The van der Waals surface area contributed by atoms with Gasteiger partial charge in [0, 0.05) is 0 Å². The first-order chi connectivity index (χ1) is 15.6. The highest BCUT2D eigenvalue weighted by Gasteiger charge is 2.67. The first-order valence-corrected chi connectivity index (χ1v) is 13.6. The van der Waals surface area contributed by atoms with Crippen LogP contribution in [0.3, 0.4) is 0 Å². The van der Waals surface area contributed by atoms with E-state index in [9.17, 15) is 20.1 Å². The van der Waals surface area contributed by atoms with Crippen LogP contribution in [-0.2, 0) is 4.79 Å². The summed E-state index contributed by atoms with van der Waals surface area (Å²) in [5.41, 5.74) is 1.12. The molecule has 34 heavy (non-hydrogen) atoms. The number of aliphatic carboxylic acids is 1. The van der Waals surface area contributed by atoms with Crippen LogP contribution in [0.15, 0.2) is 23.3 Å². The Morgan fingerprint density at radius 3 is 2.24 bits per heavy atom. The van der Waals surface area contributed by atoms with Gasteiger partial charge in [-0.05, 0) is 101 Å². The summed E-state index contributed by atoms with van der Waals surface area (Å²) in [6, 6.07) is 0. The number of aliphatic hydroxyl groups excluding tert-OH is 2. The van der Waals surface area contributed by atoms with Crippen LogP contribution in [0.2, 0.25) is 0 Å². The Morgan fingerprint density at radius 1 is 0.912 bits per heavy atom. The van der Waals surface area contributed by atoms with Crippen molar-refractivity contribution >= 4 is 5.97 Å². The van der Waals surface area contributed by atoms with Crippen molar-refractivity contribution in [2.24, 2.45) is 44.3 Å². The van der Waals surface area contributed by atoms with E-state index in [0.29, 0.717) is 31.1 Å². The van der Waals surface area contributed by atoms with Gasteiger partial charge in [0.05, 0.1) is 17.6 Å². The molecule has 0 aromatic carbocycles. The van der Waals surface area contributed by atoms with Crippen LogP contribution in [0.5, 0.6) is 0 Å². The van der Waals surface area contributed by atoms with E-state index in [1.807, 2.05) is 0 Å². The maximum Gasteiger partial charge on any atom is 0.313 e. The van der Waals surface area contributed by atoms with Crippen LogP contribution >= 0.6 is 0 Å². The van der Waals surface area contributed by atoms with Gasteiger partial charge in [-0.3, -0.25) is 4.79 Å². The number of hydrogen-bond donors (Lipinski definition) is 3. The van der Waals surface area contributed by atoms with E-state index in [2.05, 4.69) is 60.6 Å². The average Bonchev–Trinajstić information content (AvgIpc) is 2.72. The predicted molar refractivity (Wildman–Crippen MR) is 134 cm³/mol. The largest absolute Gasteiger partial charge is 0.481 e. The average molecular weight is 471 g/mol. The zero-order valence-electron chi connectivity index (χ0n) is 22.4. The third-order valence-electron chi connectivity index (χ3n) is 12.6. The van der Waals surface area contributed by atoms with Gasteiger partial charge in [0.15, 0.2) is 0 Å². The predicted octanol–water partition coefficient (Wildman–Crippen LogP) is 6.12. The van der Waals surface area contributed by atoms with Gasteiger partial charge in [-0.15, -0.1) is 0 Å². The zero-order valence-corrected chi connectivity index (χ0v) is 22.4. The molecule has 3 fully saturated rings. The van der Waals surface area contributed by atoms with Gasteiger partial charge in [-0.1, -0.05) is 60.6 Å². The molecule has 0 aromatic heterocycles. The molecule has 5 aliphatic carbocycles. The number of carbonyl (C=O) groups is 1. The van der Waals surface area contributed by atoms with Crippen LogP contribution in [0, 0.1) is 44.3 Å². The maximum atomic E-state index is 12.8. The summed E-state index contributed by atoms with van der Waals surface area (Å²) in [6.45, 7) is 16.1. The molecular weight excluding hydrogens is 424 g/mol. The van der Waals surface area contributed by atoms with E-state index in [1.165, 1.54) is 5.57 Å². The molecule has 0 aromatic rings. The summed E-state index contributed by atoms with van der Waals surface area (Å²) in [5.74, 6) is 0.139. The number of aliphatic hydroxyl groups is 2. The highest BCUT2D eigenvalue weighted by Crippen LogP contribution is 2.74. The standard InChI is InChI=1S/C30H46O4/c1-25(2)16-19-18-8-9-21-27(5)12-11-22(31)26(3,4)20(27)10-13-29(21,7)28(18,6)14-15-30(19,24(33)34)17-23(25)32/h8-9,20-23,31-32H,10-17H2,1-7H3,(H,33,34). The fraction of sp³-hybridized carbons (Fsp3) is 0.833. The first-order valence-electron chi connectivity index (χ1n) is 13.6. The molecule has 0 spiro atoms. The quantitative estimate of drug-likeness (QED) is 0.431.